The lowest BCUT2D eigenvalue weighted by Crippen LogP contribution is -2.24. The van der Waals surface area contributed by atoms with Crippen molar-refractivity contribution in [2.24, 2.45) is 0 Å². The Morgan fingerprint density at radius 1 is 0.396 bits per heavy atom. The zero-order chi connectivity index (χ0) is 34.0. The van der Waals surface area contributed by atoms with Gasteiger partial charge >= 0.3 is 0 Å². The molecular formula is C48H48. The van der Waals surface area contributed by atoms with Gasteiger partial charge in [0.05, 0.1) is 0 Å². The summed E-state index contributed by atoms with van der Waals surface area (Å²) in [5.41, 5.74) is 19.4. The van der Waals surface area contributed by atoms with Crippen molar-refractivity contribution in [2.45, 2.75) is 90.9 Å². The van der Waals surface area contributed by atoms with E-state index in [9.17, 15) is 0 Å². The van der Waals surface area contributed by atoms with Gasteiger partial charge in [-0.05, 0) is 112 Å². The van der Waals surface area contributed by atoms with E-state index in [-0.39, 0.29) is 21.7 Å². The highest BCUT2D eigenvalue weighted by atomic mass is 14.5. The summed E-state index contributed by atoms with van der Waals surface area (Å²) in [5, 5.41) is 2.68. The second-order valence-electron chi connectivity index (χ2n) is 17.5. The molecule has 0 aliphatic heterocycles. The van der Waals surface area contributed by atoms with Crippen LogP contribution in [0.3, 0.4) is 0 Å². The van der Waals surface area contributed by atoms with Crippen molar-refractivity contribution in [3.8, 4) is 44.5 Å². The van der Waals surface area contributed by atoms with E-state index < -0.39 is 0 Å². The smallest absolute Gasteiger partial charge is 0.0162 e. The Kier molecular flexibility index (Phi) is 6.47. The van der Waals surface area contributed by atoms with E-state index in [4.69, 9.17) is 0 Å². The maximum atomic E-state index is 2.52. The Morgan fingerprint density at radius 2 is 0.875 bits per heavy atom. The third kappa shape index (κ3) is 4.41. The first-order chi connectivity index (χ1) is 22.6. The normalized spacial score (nSPS) is 15.6. The molecule has 0 unspecified atom stereocenters. The summed E-state index contributed by atoms with van der Waals surface area (Å²) in [6.07, 6.45) is 0. The fraction of sp³-hybridized carbons (Fsp3) is 0.292. The Hall–Kier alpha value is -4.42. The minimum Gasteiger partial charge on any atom is -0.0616 e. The summed E-state index contributed by atoms with van der Waals surface area (Å²) in [5.74, 6) is 0. The van der Waals surface area contributed by atoms with Crippen molar-refractivity contribution >= 4 is 10.8 Å². The lowest BCUT2D eigenvalue weighted by atomic mass is 9.72. The number of hydrogen-bond acceptors (Lipinski definition) is 0. The Balaban J connectivity index is 1.29. The van der Waals surface area contributed by atoms with Crippen LogP contribution in [0.15, 0.2) is 109 Å². The SMILES string of the molecule is CC(C)(C)c1ccc(-c2ccc3c(c2)C(C)(C)c2c-3ccc3c2C(C)(C)c2cc(-c4ccc(C(C)(C)C)cc4)c4ccccc4c2-3)cc1. The molecule has 240 valence electrons. The molecule has 0 nitrogen and oxygen atoms in total. The first-order valence-electron chi connectivity index (χ1n) is 17.7. The molecule has 0 radical (unpaired) electrons. The minimum absolute atomic E-state index is 0.127. The second kappa shape index (κ2) is 10.1. The lowest BCUT2D eigenvalue weighted by Gasteiger charge is -2.31. The fourth-order valence-corrected chi connectivity index (χ4v) is 8.79. The number of rotatable bonds is 2. The molecule has 48 heavy (non-hydrogen) atoms. The molecule has 0 spiro atoms. The molecule has 6 aromatic rings. The Morgan fingerprint density at radius 3 is 1.48 bits per heavy atom. The third-order valence-corrected chi connectivity index (χ3v) is 11.6. The molecule has 0 aromatic heterocycles. The summed E-state index contributed by atoms with van der Waals surface area (Å²) in [4.78, 5) is 0. The van der Waals surface area contributed by atoms with Gasteiger partial charge < -0.3 is 0 Å². The molecule has 2 aliphatic carbocycles. The lowest BCUT2D eigenvalue weighted by molar-refractivity contribution is 0.590. The maximum Gasteiger partial charge on any atom is 0.0162 e. The topological polar surface area (TPSA) is 0 Å². The van der Waals surface area contributed by atoms with Crippen LogP contribution in [0.4, 0.5) is 0 Å². The Bertz CT molecular complexity index is 2260. The van der Waals surface area contributed by atoms with Gasteiger partial charge in [0.25, 0.3) is 0 Å². The van der Waals surface area contributed by atoms with E-state index in [1.807, 2.05) is 0 Å². The molecule has 0 heterocycles. The zero-order valence-corrected chi connectivity index (χ0v) is 30.4. The number of benzene rings is 6. The molecule has 8 rings (SSSR count). The molecular weight excluding hydrogens is 577 g/mol. The third-order valence-electron chi connectivity index (χ3n) is 11.6. The van der Waals surface area contributed by atoms with Crippen molar-refractivity contribution in [1.82, 2.24) is 0 Å². The largest absolute Gasteiger partial charge is 0.0616 e. The van der Waals surface area contributed by atoms with E-state index in [0.29, 0.717) is 0 Å². The van der Waals surface area contributed by atoms with Crippen LogP contribution in [0.2, 0.25) is 0 Å². The van der Waals surface area contributed by atoms with Gasteiger partial charge in [-0.1, -0.05) is 166 Å². The quantitative estimate of drug-likeness (QED) is 0.180. The molecule has 0 N–H and O–H groups in total. The summed E-state index contributed by atoms with van der Waals surface area (Å²) < 4.78 is 0. The standard InChI is InChI=1S/C48H48/c1-45(2,3)32-20-15-29(16-21-32)31-19-24-35-37-25-26-38-42-36-14-12-11-13-34(36)39(30-17-22-33(23-18-30)46(4,5)6)28-41(42)48(9,10)44(38)43(37)47(7,8)40(35)27-31/h11-28H,1-10H3. The van der Waals surface area contributed by atoms with Crippen LogP contribution in [-0.4, -0.2) is 0 Å². The fourth-order valence-electron chi connectivity index (χ4n) is 8.79. The predicted molar refractivity (Wildman–Crippen MR) is 207 cm³/mol. The predicted octanol–water partition coefficient (Wildman–Crippen LogP) is 13.4. The van der Waals surface area contributed by atoms with Gasteiger partial charge in [-0.3, -0.25) is 0 Å². The highest BCUT2D eigenvalue weighted by molar-refractivity contribution is 6.10. The number of hydrogen-bond donors (Lipinski definition) is 0. The van der Waals surface area contributed by atoms with Crippen LogP contribution in [0.1, 0.15) is 103 Å². The molecule has 0 heteroatoms. The highest BCUT2D eigenvalue weighted by Crippen LogP contribution is 2.61. The van der Waals surface area contributed by atoms with Gasteiger partial charge in [0.15, 0.2) is 0 Å². The van der Waals surface area contributed by atoms with Crippen LogP contribution in [0, 0.1) is 0 Å². The number of fused-ring (bicyclic) bond motifs is 9. The average molecular weight is 625 g/mol. The maximum absolute atomic E-state index is 2.52. The molecule has 0 bridgehead atoms. The van der Waals surface area contributed by atoms with Gasteiger partial charge in [-0.2, -0.15) is 0 Å². The molecule has 6 aromatic carbocycles. The zero-order valence-electron chi connectivity index (χ0n) is 30.4. The van der Waals surface area contributed by atoms with E-state index in [2.05, 4.69) is 178 Å². The summed E-state index contributed by atoms with van der Waals surface area (Å²) in [7, 11) is 0. The molecule has 0 fully saturated rings. The van der Waals surface area contributed by atoms with Crippen molar-refractivity contribution in [3.63, 3.8) is 0 Å². The van der Waals surface area contributed by atoms with E-state index in [0.717, 1.165) is 0 Å². The van der Waals surface area contributed by atoms with Crippen molar-refractivity contribution in [1.29, 1.82) is 0 Å². The van der Waals surface area contributed by atoms with Crippen LogP contribution in [0.25, 0.3) is 55.3 Å². The monoisotopic (exact) mass is 624 g/mol. The summed E-state index contributed by atoms with van der Waals surface area (Å²) >= 11 is 0. The van der Waals surface area contributed by atoms with E-state index in [1.54, 1.807) is 0 Å². The van der Waals surface area contributed by atoms with Crippen molar-refractivity contribution in [3.05, 3.63) is 143 Å². The average Bonchev–Trinajstić information content (AvgIpc) is 3.42. The van der Waals surface area contributed by atoms with Gasteiger partial charge in [0, 0.05) is 10.8 Å². The first kappa shape index (κ1) is 30.9. The Labute approximate surface area is 287 Å². The minimum atomic E-state index is -0.148. The molecule has 0 saturated heterocycles. The van der Waals surface area contributed by atoms with Crippen LogP contribution < -0.4 is 0 Å². The molecule has 0 amide bonds. The van der Waals surface area contributed by atoms with Gasteiger partial charge in [0.1, 0.15) is 0 Å². The van der Waals surface area contributed by atoms with Gasteiger partial charge in [-0.15, -0.1) is 0 Å². The summed E-state index contributed by atoms with van der Waals surface area (Å²) in [6, 6.07) is 42.1. The molecule has 2 aliphatic rings. The van der Waals surface area contributed by atoms with E-state index in [1.165, 1.54) is 88.7 Å². The van der Waals surface area contributed by atoms with Crippen molar-refractivity contribution < 1.29 is 0 Å². The van der Waals surface area contributed by atoms with Gasteiger partial charge in [-0.25, -0.2) is 0 Å². The first-order valence-corrected chi connectivity index (χ1v) is 17.7. The van der Waals surface area contributed by atoms with Gasteiger partial charge in [0.2, 0.25) is 0 Å². The van der Waals surface area contributed by atoms with Crippen LogP contribution in [-0.2, 0) is 21.7 Å². The summed E-state index contributed by atoms with van der Waals surface area (Å²) in [6.45, 7) is 23.5. The van der Waals surface area contributed by atoms with Crippen LogP contribution in [0.5, 0.6) is 0 Å². The molecule has 0 atom stereocenters. The second-order valence-corrected chi connectivity index (χ2v) is 17.5. The van der Waals surface area contributed by atoms with E-state index >= 15 is 0 Å². The highest BCUT2D eigenvalue weighted by Gasteiger charge is 2.46. The van der Waals surface area contributed by atoms with Crippen molar-refractivity contribution in [2.75, 3.05) is 0 Å². The van der Waals surface area contributed by atoms with Crippen LogP contribution >= 0.6 is 0 Å². The molecule has 0 saturated carbocycles.